The summed E-state index contributed by atoms with van der Waals surface area (Å²) in [6.45, 7) is 5.49. The van der Waals surface area contributed by atoms with Crippen LogP contribution in [0.15, 0.2) is 54.6 Å². The lowest BCUT2D eigenvalue weighted by Gasteiger charge is -2.21. The maximum Gasteiger partial charge on any atom is 0.0357 e. The summed E-state index contributed by atoms with van der Waals surface area (Å²) in [6, 6.07) is 20.4. The SMILES string of the molecule is CCNC(c1ccccc1CC)C1CC1c1ccccc1. The molecule has 3 atom stereocenters. The van der Waals surface area contributed by atoms with Crippen molar-refractivity contribution in [2.45, 2.75) is 38.6 Å². The summed E-state index contributed by atoms with van der Waals surface area (Å²) in [4.78, 5) is 0. The van der Waals surface area contributed by atoms with Gasteiger partial charge in [-0.25, -0.2) is 0 Å². The number of hydrogen-bond acceptors (Lipinski definition) is 1. The summed E-state index contributed by atoms with van der Waals surface area (Å²) in [5, 5.41) is 3.74. The van der Waals surface area contributed by atoms with Crippen molar-refractivity contribution < 1.29 is 0 Å². The lowest BCUT2D eigenvalue weighted by molar-refractivity contribution is 0.484. The van der Waals surface area contributed by atoms with Crippen molar-refractivity contribution in [1.29, 1.82) is 0 Å². The number of aryl methyl sites for hydroxylation is 1. The highest BCUT2D eigenvalue weighted by atomic mass is 14.9. The number of hydrogen-bond donors (Lipinski definition) is 1. The Balaban J connectivity index is 1.83. The van der Waals surface area contributed by atoms with Crippen LogP contribution >= 0.6 is 0 Å². The Labute approximate surface area is 128 Å². The van der Waals surface area contributed by atoms with E-state index in [9.17, 15) is 0 Å². The zero-order valence-corrected chi connectivity index (χ0v) is 13.0. The lowest BCUT2D eigenvalue weighted by atomic mass is 9.93. The Bertz CT molecular complexity index is 575. The molecule has 0 heterocycles. The van der Waals surface area contributed by atoms with Gasteiger partial charge in [0.2, 0.25) is 0 Å². The molecule has 0 aliphatic heterocycles. The number of rotatable bonds is 6. The molecule has 1 aliphatic rings. The van der Waals surface area contributed by atoms with Crippen molar-refractivity contribution in [3.05, 3.63) is 71.3 Å². The van der Waals surface area contributed by atoms with Crippen LogP contribution in [0.1, 0.15) is 48.9 Å². The fraction of sp³-hybridized carbons (Fsp3) is 0.400. The Kier molecular flexibility index (Phi) is 4.40. The first-order valence-corrected chi connectivity index (χ1v) is 8.21. The minimum atomic E-state index is 0.497. The fourth-order valence-electron chi connectivity index (χ4n) is 3.54. The van der Waals surface area contributed by atoms with Gasteiger partial charge >= 0.3 is 0 Å². The van der Waals surface area contributed by atoms with E-state index in [0.717, 1.165) is 24.8 Å². The molecule has 1 fully saturated rings. The molecule has 0 amide bonds. The summed E-state index contributed by atoms with van der Waals surface area (Å²) in [5.74, 6) is 1.46. The Hall–Kier alpha value is -1.60. The highest BCUT2D eigenvalue weighted by molar-refractivity contribution is 5.35. The molecule has 1 N–H and O–H groups in total. The van der Waals surface area contributed by atoms with E-state index < -0.39 is 0 Å². The molecular formula is C20H25N. The third-order valence-corrected chi connectivity index (χ3v) is 4.69. The molecule has 1 saturated carbocycles. The molecular weight excluding hydrogens is 254 g/mol. The highest BCUT2D eigenvalue weighted by Gasteiger charge is 2.44. The zero-order valence-electron chi connectivity index (χ0n) is 13.0. The van der Waals surface area contributed by atoms with E-state index in [0.29, 0.717) is 6.04 Å². The quantitative estimate of drug-likeness (QED) is 0.808. The standard InChI is InChI=1S/C20H25N/c1-3-15-10-8-9-13-17(15)20(21-4-2)19-14-18(19)16-11-6-5-7-12-16/h5-13,18-21H,3-4,14H2,1-2H3. The van der Waals surface area contributed by atoms with Crippen LogP contribution < -0.4 is 5.32 Å². The summed E-state index contributed by atoms with van der Waals surface area (Å²) in [7, 11) is 0. The summed E-state index contributed by atoms with van der Waals surface area (Å²) < 4.78 is 0. The molecule has 110 valence electrons. The first-order chi connectivity index (χ1) is 10.3. The third kappa shape index (κ3) is 3.03. The van der Waals surface area contributed by atoms with Gasteiger partial charge in [0.1, 0.15) is 0 Å². The van der Waals surface area contributed by atoms with Gasteiger partial charge in [-0.2, -0.15) is 0 Å². The van der Waals surface area contributed by atoms with Crippen LogP contribution in [0, 0.1) is 5.92 Å². The average molecular weight is 279 g/mol. The molecule has 3 unspecified atom stereocenters. The van der Waals surface area contributed by atoms with Crippen molar-refractivity contribution in [2.75, 3.05) is 6.54 Å². The van der Waals surface area contributed by atoms with E-state index in [1.165, 1.54) is 23.1 Å². The zero-order chi connectivity index (χ0) is 14.7. The molecule has 0 radical (unpaired) electrons. The van der Waals surface area contributed by atoms with Gasteiger partial charge in [-0.1, -0.05) is 68.4 Å². The first-order valence-electron chi connectivity index (χ1n) is 8.21. The fourth-order valence-corrected chi connectivity index (χ4v) is 3.54. The molecule has 1 heteroatoms. The van der Waals surface area contributed by atoms with Gasteiger partial charge in [0.15, 0.2) is 0 Å². The van der Waals surface area contributed by atoms with Crippen LogP contribution in [-0.4, -0.2) is 6.54 Å². The minimum absolute atomic E-state index is 0.497. The first kappa shape index (κ1) is 14.3. The molecule has 21 heavy (non-hydrogen) atoms. The molecule has 0 saturated heterocycles. The second kappa shape index (κ2) is 6.44. The summed E-state index contributed by atoms with van der Waals surface area (Å²) in [5.41, 5.74) is 4.49. The van der Waals surface area contributed by atoms with E-state index in [1.54, 1.807) is 0 Å². The van der Waals surface area contributed by atoms with Crippen LogP contribution in [-0.2, 0) is 6.42 Å². The van der Waals surface area contributed by atoms with Crippen molar-refractivity contribution >= 4 is 0 Å². The molecule has 2 aromatic rings. The molecule has 2 aromatic carbocycles. The largest absolute Gasteiger partial charge is 0.310 e. The van der Waals surface area contributed by atoms with Crippen molar-refractivity contribution in [3.8, 4) is 0 Å². The third-order valence-electron chi connectivity index (χ3n) is 4.69. The minimum Gasteiger partial charge on any atom is -0.310 e. The van der Waals surface area contributed by atoms with E-state index >= 15 is 0 Å². The van der Waals surface area contributed by atoms with Crippen LogP contribution in [0.4, 0.5) is 0 Å². The second-order valence-corrected chi connectivity index (χ2v) is 6.00. The average Bonchev–Trinajstić information content (AvgIpc) is 3.34. The van der Waals surface area contributed by atoms with Gasteiger partial charge in [-0.05, 0) is 47.9 Å². The smallest absolute Gasteiger partial charge is 0.0357 e. The molecule has 0 aromatic heterocycles. The highest BCUT2D eigenvalue weighted by Crippen LogP contribution is 2.54. The van der Waals surface area contributed by atoms with Crippen LogP contribution in [0.2, 0.25) is 0 Å². The molecule has 1 nitrogen and oxygen atoms in total. The van der Waals surface area contributed by atoms with Crippen LogP contribution in [0.5, 0.6) is 0 Å². The Morgan fingerprint density at radius 2 is 1.71 bits per heavy atom. The predicted octanol–water partition coefficient (Wildman–Crippen LogP) is 4.70. The van der Waals surface area contributed by atoms with E-state index in [1.807, 2.05) is 0 Å². The molecule has 0 bridgehead atoms. The van der Waals surface area contributed by atoms with Gasteiger partial charge in [0, 0.05) is 6.04 Å². The van der Waals surface area contributed by atoms with Gasteiger partial charge in [-0.15, -0.1) is 0 Å². The summed E-state index contributed by atoms with van der Waals surface area (Å²) >= 11 is 0. The van der Waals surface area contributed by atoms with Crippen LogP contribution in [0.3, 0.4) is 0 Å². The normalized spacial score (nSPS) is 22.0. The van der Waals surface area contributed by atoms with E-state index in [-0.39, 0.29) is 0 Å². The van der Waals surface area contributed by atoms with Crippen LogP contribution in [0.25, 0.3) is 0 Å². The topological polar surface area (TPSA) is 12.0 Å². The predicted molar refractivity (Wildman–Crippen MR) is 89.5 cm³/mol. The van der Waals surface area contributed by atoms with Gasteiger partial charge in [0.05, 0.1) is 0 Å². The molecule has 0 spiro atoms. The van der Waals surface area contributed by atoms with Gasteiger partial charge < -0.3 is 5.32 Å². The Morgan fingerprint density at radius 3 is 2.43 bits per heavy atom. The molecule has 1 aliphatic carbocycles. The van der Waals surface area contributed by atoms with E-state index in [2.05, 4.69) is 73.8 Å². The maximum atomic E-state index is 3.74. The number of benzene rings is 2. The van der Waals surface area contributed by atoms with Crippen molar-refractivity contribution in [2.24, 2.45) is 5.92 Å². The monoisotopic (exact) mass is 279 g/mol. The lowest BCUT2D eigenvalue weighted by Crippen LogP contribution is -2.24. The second-order valence-electron chi connectivity index (χ2n) is 6.00. The van der Waals surface area contributed by atoms with Crippen molar-refractivity contribution in [3.63, 3.8) is 0 Å². The maximum absolute atomic E-state index is 3.74. The van der Waals surface area contributed by atoms with Gasteiger partial charge in [-0.3, -0.25) is 0 Å². The summed E-state index contributed by atoms with van der Waals surface area (Å²) in [6.07, 6.45) is 2.42. The Morgan fingerprint density at radius 1 is 1.00 bits per heavy atom. The molecule has 3 rings (SSSR count). The van der Waals surface area contributed by atoms with Gasteiger partial charge in [0.25, 0.3) is 0 Å². The number of nitrogens with one attached hydrogen (secondary N) is 1. The van der Waals surface area contributed by atoms with Crippen molar-refractivity contribution in [1.82, 2.24) is 5.32 Å². The van der Waals surface area contributed by atoms with E-state index in [4.69, 9.17) is 0 Å².